The average Bonchev–Trinajstić information content (AvgIpc) is 4.15. The zero-order chi connectivity index (χ0) is 55.1. The van der Waals surface area contributed by atoms with E-state index in [1.165, 1.54) is 42.7 Å². The topological polar surface area (TPSA) is 75.6 Å². The number of nitriles is 1. The highest BCUT2D eigenvalue weighted by Crippen LogP contribution is 2.38. The second kappa shape index (κ2) is 17.8. The molecule has 1 saturated carbocycles. The number of aromatic nitrogens is 3. The normalized spacial score (nSPS) is 18.3. The highest BCUT2D eigenvalue weighted by atomic mass is 16.3. The second-order valence-corrected chi connectivity index (χ2v) is 15.0. The summed E-state index contributed by atoms with van der Waals surface area (Å²) in [6, 6.07) is 36.2. The Morgan fingerprint density at radius 2 is 1.19 bits per heavy atom. The molecule has 0 saturated heterocycles. The van der Waals surface area contributed by atoms with Gasteiger partial charge in [0, 0.05) is 63.9 Å². The molecule has 1 fully saturated rings. The first kappa shape index (κ1) is 25.6. The van der Waals surface area contributed by atoms with Gasteiger partial charge in [0.2, 0.25) is 0 Å². The van der Waals surface area contributed by atoms with Crippen LogP contribution in [0.2, 0.25) is 0 Å². The fourth-order valence-electron chi connectivity index (χ4n) is 7.76. The number of pyridine rings is 3. The fraction of sp³-hybridized carbons (Fsp3) is 0.193. The van der Waals surface area contributed by atoms with E-state index in [0.717, 1.165) is 30.0 Å². The zero-order valence-electron chi connectivity index (χ0n) is 48.5. The Bertz CT molecular complexity index is 3760. The van der Waals surface area contributed by atoms with Crippen molar-refractivity contribution in [3.8, 4) is 39.8 Å². The first-order chi connectivity index (χ1) is 36.3. The van der Waals surface area contributed by atoms with Crippen LogP contribution >= 0.6 is 0 Å². The van der Waals surface area contributed by atoms with E-state index in [-0.39, 0.29) is 56.8 Å². The molecule has 62 heavy (non-hydrogen) atoms. The largest absolute Gasteiger partial charge is 0.455 e. The van der Waals surface area contributed by atoms with Crippen molar-refractivity contribution in [2.45, 2.75) is 69.8 Å². The molecular weight excluding hydrogens is 757 g/mol. The predicted octanol–water partition coefficient (Wildman–Crippen LogP) is 13.7. The van der Waals surface area contributed by atoms with E-state index in [4.69, 9.17) is 7.16 Å². The van der Waals surface area contributed by atoms with Gasteiger partial charge in [0.25, 0.3) is 0 Å². The Labute approximate surface area is 384 Å². The molecule has 0 radical (unpaired) electrons. The van der Waals surface area contributed by atoms with Crippen molar-refractivity contribution in [3.05, 3.63) is 209 Å². The third kappa shape index (κ3) is 8.55. The number of hydrogen-bond acceptors (Lipinski definition) is 5. The maximum atomic E-state index is 9.75. The second-order valence-electron chi connectivity index (χ2n) is 15.0. The Morgan fingerprint density at radius 3 is 1.82 bits per heavy atom. The van der Waals surface area contributed by atoms with Crippen molar-refractivity contribution < 1.29 is 25.0 Å². The smallest absolute Gasteiger partial charge is 0.144 e. The molecule has 0 atom stereocenters. The molecule has 4 aromatic heterocycles. The van der Waals surface area contributed by atoms with Crippen LogP contribution in [0.3, 0.4) is 0 Å². The molecule has 5 aromatic carbocycles. The van der Waals surface area contributed by atoms with Gasteiger partial charge in [0.15, 0.2) is 0 Å². The number of benzene rings is 5. The third-order valence-electron chi connectivity index (χ3n) is 10.9. The first-order valence-electron chi connectivity index (χ1n) is 27.9. The molecule has 0 bridgehead atoms. The van der Waals surface area contributed by atoms with E-state index < -0.39 is 60.8 Å². The maximum Gasteiger partial charge on any atom is 0.144 e. The molecule has 1 aliphatic carbocycles. The summed E-state index contributed by atoms with van der Waals surface area (Å²) in [6.07, 6.45) is -13.0. The third-order valence-corrected chi connectivity index (χ3v) is 10.9. The highest BCUT2D eigenvalue weighted by Gasteiger charge is 2.21. The number of hydrogen-bond donors (Lipinski definition) is 0. The van der Waals surface area contributed by atoms with Gasteiger partial charge in [0.05, 0.1) is 31.5 Å². The minimum Gasteiger partial charge on any atom is -0.455 e. The summed E-state index contributed by atoms with van der Waals surface area (Å²) in [7, 11) is 0. The Kier molecular flexibility index (Phi) is 7.35. The fourth-order valence-corrected chi connectivity index (χ4v) is 7.76. The molecule has 302 valence electrons. The average molecular weight is 820 g/mol. The van der Waals surface area contributed by atoms with Crippen molar-refractivity contribution in [3.63, 3.8) is 0 Å². The molecule has 0 unspecified atom stereocenters. The number of aryl methyl sites for hydroxylation is 6. The molecule has 4 heterocycles. The Hall–Kier alpha value is -7.16. The number of furan rings is 1. The van der Waals surface area contributed by atoms with Crippen LogP contribution in [0.5, 0.6) is 0 Å². The van der Waals surface area contributed by atoms with Crippen LogP contribution in [-0.4, -0.2) is 15.0 Å². The van der Waals surface area contributed by atoms with Crippen molar-refractivity contribution in [1.29, 1.82) is 5.26 Å². The summed E-state index contributed by atoms with van der Waals surface area (Å²) in [5.41, 5.74) is 0.780. The highest BCUT2D eigenvalue weighted by molar-refractivity contribution is 6.09. The summed E-state index contributed by atoms with van der Waals surface area (Å²) in [5.74, 6) is -1.33. The number of rotatable bonds is 13. The van der Waals surface area contributed by atoms with Gasteiger partial charge in [-0.1, -0.05) is 116 Å². The van der Waals surface area contributed by atoms with Gasteiger partial charge in [-0.25, -0.2) is 0 Å². The quantitative estimate of drug-likeness (QED) is 0.116. The first-order valence-corrected chi connectivity index (χ1v) is 20.4. The van der Waals surface area contributed by atoms with Gasteiger partial charge in [0.1, 0.15) is 11.2 Å². The lowest BCUT2D eigenvalue weighted by Crippen LogP contribution is -2.04. The van der Waals surface area contributed by atoms with Gasteiger partial charge in [-0.3, -0.25) is 15.0 Å². The van der Waals surface area contributed by atoms with Gasteiger partial charge < -0.3 is 4.42 Å². The van der Waals surface area contributed by atoms with E-state index in [0.29, 0.717) is 59.0 Å². The van der Waals surface area contributed by atoms with E-state index in [1.807, 2.05) is 42.5 Å². The monoisotopic (exact) mass is 819 g/mol. The lowest BCUT2D eigenvalue weighted by molar-refractivity contribution is 0.669. The summed E-state index contributed by atoms with van der Waals surface area (Å²) in [5, 5.41) is 10.5. The Morgan fingerprint density at radius 1 is 0.597 bits per heavy atom. The molecule has 0 amide bonds. The molecule has 5 nitrogen and oxygen atoms in total. The van der Waals surface area contributed by atoms with Crippen molar-refractivity contribution in [2.75, 3.05) is 0 Å². The summed E-state index contributed by atoms with van der Waals surface area (Å²) in [6.45, 7) is 0. The lowest BCUT2D eigenvalue weighted by Gasteiger charge is -2.17. The van der Waals surface area contributed by atoms with E-state index in [9.17, 15) is 23.1 Å². The summed E-state index contributed by atoms with van der Waals surface area (Å²) >= 11 is 0. The summed E-state index contributed by atoms with van der Waals surface area (Å²) < 4.78 is 147. The molecule has 0 aliphatic heterocycles. The minimum absolute atomic E-state index is 0.0856. The van der Waals surface area contributed by atoms with E-state index in [1.54, 1.807) is 48.5 Å². The van der Waals surface area contributed by atoms with Crippen LogP contribution < -0.4 is 0 Å². The van der Waals surface area contributed by atoms with Gasteiger partial charge in [-0.2, -0.15) is 5.26 Å². The maximum absolute atomic E-state index is 9.75. The predicted molar refractivity (Wildman–Crippen MR) is 251 cm³/mol. The van der Waals surface area contributed by atoms with Crippen LogP contribution in [0.25, 0.3) is 55.7 Å². The minimum atomic E-state index is -3.21. The van der Waals surface area contributed by atoms with Gasteiger partial charge >= 0.3 is 0 Å². The molecule has 0 spiro atoms. The van der Waals surface area contributed by atoms with Crippen LogP contribution in [-0.2, 0) is 38.2 Å². The van der Waals surface area contributed by atoms with Crippen molar-refractivity contribution in [1.82, 2.24) is 15.0 Å². The lowest BCUT2D eigenvalue weighted by atomic mass is 9.89. The van der Waals surface area contributed by atoms with Crippen molar-refractivity contribution >= 4 is 21.9 Å². The number of fused-ring (bicyclic) bond motifs is 3. The molecule has 1 aliphatic rings. The van der Waals surface area contributed by atoms with Gasteiger partial charge in [-0.15, -0.1) is 0 Å². The standard InChI is InChI=1S/C57H48N4O/c58-35-44-23-27-49-50-16-9-17-51(57(50)62-56(49)33-44)54-29-25-40(37-60-54)19-21-42-30-41(20-18-39-24-28-53(59-36-39)46-12-3-1-4-13-46)31-43(32-42)22-26-48-38-61-55(47-14-5-2-6-15-47)34-52(48)45-10-7-8-11-45/h1-6,9,12-17,23-25,27-34,36-38,45H,7-8,10-11,18-22,26H2/i18D2,19D2,20D2,21D2,22D2,23D,26D2,33D,45D. The molecular formula is C57H48N4O. The van der Waals surface area contributed by atoms with E-state index in [2.05, 4.69) is 15.0 Å². The van der Waals surface area contributed by atoms with Crippen LogP contribution in [0.15, 0.2) is 169 Å². The number of nitrogens with zero attached hydrogens (tertiary/aromatic N) is 4. The summed E-state index contributed by atoms with van der Waals surface area (Å²) in [4.78, 5) is 13.5. The number of para-hydroxylation sites is 1. The van der Waals surface area contributed by atoms with Gasteiger partial charge in [-0.05, 0) is 138 Å². The molecule has 9 aromatic rings. The molecule has 0 N–H and O–H groups in total. The van der Waals surface area contributed by atoms with E-state index >= 15 is 0 Å². The SMILES string of the molecule is [2H]c1cc2c(oc3c(-c4ccc(C([2H])([2H])C([2H])([2H])c5cc(C([2H])([2H])C([2H])([2H])c6ccc(-c7ccccc7)nc6)cc(C([2H])([2H])C([2H])([2H])c6cnc(-c7ccccc7)cc6C6([2H])CCCC6)c5)cn4)cccc32)c([2H])c1C#N. The van der Waals surface area contributed by atoms with Crippen molar-refractivity contribution in [2.24, 2.45) is 0 Å². The van der Waals surface area contributed by atoms with Crippen LogP contribution in [0.1, 0.15) is 96.6 Å². The molecule has 10 rings (SSSR count). The van der Waals surface area contributed by atoms with Crippen LogP contribution in [0.4, 0.5) is 0 Å². The zero-order valence-corrected chi connectivity index (χ0v) is 33.5. The Balaban J connectivity index is 1.09. The van der Waals surface area contributed by atoms with Crippen LogP contribution in [0, 0.1) is 11.3 Å². The molecule has 5 heteroatoms.